The molecule has 2 rings (SSSR count). The Balaban J connectivity index is 1.86. The Morgan fingerprint density at radius 3 is 2.95 bits per heavy atom. The number of H-pyrrole nitrogens is 1. The van der Waals surface area contributed by atoms with Crippen molar-refractivity contribution in [3.8, 4) is 0 Å². The summed E-state index contributed by atoms with van der Waals surface area (Å²) in [6, 6.07) is 4.68. The highest BCUT2D eigenvalue weighted by Crippen LogP contribution is 2.18. The van der Waals surface area contributed by atoms with Crippen LogP contribution in [0.25, 0.3) is 0 Å². The highest BCUT2D eigenvalue weighted by Gasteiger charge is 2.18. The molecule has 0 fully saturated rings. The lowest BCUT2D eigenvalue weighted by Gasteiger charge is -2.23. The van der Waals surface area contributed by atoms with Crippen LogP contribution in [0.1, 0.15) is 30.2 Å². The van der Waals surface area contributed by atoms with Crippen LogP contribution < -0.4 is 10.9 Å². The van der Waals surface area contributed by atoms with E-state index >= 15 is 0 Å². The van der Waals surface area contributed by atoms with Gasteiger partial charge in [0.1, 0.15) is 11.6 Å². The smallest absolute Gasteiger partial charge is 0.317 e. The quantitative estimate of drug-likeness (QED) is 0.878. The zero-order valence-electron chi connectivity index (χ0n) is 12.9. The predicted octanol–water partition coefficient (Wildman–Crippen LogP) is 1.62. The van der Waals surface area contributed by atoms with Crippen LogP contribution in [0.3, 0.4) is 0 Å². The second kappa shape index (κ2) is 6.93. The van der Waals surface area contributed by atoms with Gasteiger partial charge in [-0.2, -0.15) is 0 Å². The van der Waals surface area contributed by atoms with Gasteiger partial charge >= 0.3 is 6.03 Å². The van der Waals surface area contributed by atoms with Gasteiger partial charge in [-0.15, -0.1) is 0 Å². The van der Waals surface area contributed by atoms with Gasteiger partial charge in [0, 0.05) is 31.8 Å². The molecule has 2 amide bonds. The molecule has 2 aromatic heterocycles. The fraction of sp³-hybridized carbons (Fsp3) is 0.400. The van der Waals surface area contributed by atoms with Crippen molar-refractivity contribution in [2.75, 3.05) is 13.6 Å². The zero-order chi connectivity index (χ0) is 16.1. The Morgan fingerprint density at radius 2 is 2.32 bits per heavy atom. The summed E-state index contributed by atoms with van der Waals surface area (Å²) in [5.74, 6) is 1.29. The van der Waals surface area contributed by atoms with Crippen molar-refractivity contribution < 1.29 is 9.21 Å². The Labute approximate surface area is 128 Å². The molecule has 0 aliphatic rings. The number of furan rings is 1. The minimum Gasteiger partial charge on any atom is -0.467 e. The first-order valence-corrected chi connectivity index (χ1v) is 7.08. The standard InChI is InChI=1S/C15H20N4O3/c1-10-9-14(20)18-13(17-10)6-7-16-15(21)19(3)11(2)12-5-4-8-22-12/h4-5,8-9,11H,6-7H2,1-3H3,(H,16,21)(H,17,18,20)/t11-/m1/s1. The Hall–Kier alpha value is -2.57. The molecule has 0 aliphatic heterocycles. The molecule has 0 unspecified atom stereocenters. The van der Waals surface area contributed by atoms with Crippen molar-refractivity contribution in [3.05, 3.63) is 52.1 Å². The molecule has 2 aromatic rings. The number of hydrogen-bond donors (Lipinski definition) is 2. The number of hydrogen-bond acceptors (Lipinski definition) is 4. The summed E-state index contributed by atoms with van der Waals surface area (Å²) >= 11 is 0. The lowest BCUT2D eigenvalue weighted by molar-refractivity contribution is 0.187. The Morgan fingerprint density at radius 1 is 1.55 bits per heavy atom. The number of carbonyl (C=O) groups is 1. The molecule has 7 heteroatoms. The number of aromatic nitrogens is 2. The summed E-state index contributed by atoms with van der Waals surface area (Å²) in [5, 5.41) is 2.80. The third-order valence-corrected chi connectivity index (χ3v) is 3.41. The van der Waals surface area contributed by atoms with Gasteiger partial charge in [0.2, 0.25) is 0 Å². The lowest BCUT2D eigenvalue weighted by Crippen LogP contribution is -2.39. The maximum Gasteiger partial charge on any atom is 0.317 e. The first-order valence-electron chi connectivity index (χ1n) is 7.08. The molecule has 0 bridgehead atoms. The van der Waals surface area contributed by atoms with Gasteiger partial charge in [0.25, 0.3) is 5.56 Å². The second-order valence-corrected chi connectivity index (χ2v) is 5.12. The largest absolute Gasteiger partial charge is 0.467 e. The number of aryl methyl sites for hydroxylation is 1. The number of nitrogens with zero attached hydrogens (tertiary/aromatic N) is 2. The van der Waals surface area contributed by atoms with Crippen LogP contribution in [0.5, 0.6) is 0 Å². The molecule has 7 nitrogen and oxygen atoms in total. The topological polar surface area (TPSA) is 91.2 Å². The van der Waals surface area contributed by atoms with Crippen molar-refractivity contribution >= 4 is 6.03 Å². The zero-order valence-corrected chi connectivity index (χ0v) is 12.9. The lowest BCUT2D eigenvalue weighted by atomic mass is 10.2. The van der Waals surface area contributed by atoms with Crippen molar-refractivity contribution in [2.45, 2.75) is 26.3 Å². The molecule has 0 aromatic carbocycles. The molecule has 2 N–H and O–H groups in total. The van der Waals surface area contributed by atoms with Crippen LogP contribution in [-0.4, -0.2) is 34.5 Å². The van der Waals surface area contributed by atoms with Gasteiger partial charge in [-0.25, -0.2) is 9.78 Å². The van der Waals surface area contributed by atoms with E-state index in [2.05, 4.69) is 15.3 Å². The molecule has 118 valence electrons. The van der Waals surface area contributed by atoms with Crippen molar-refractivity contribution in [3.63, 3.8) is 0 Å². The van der Waals surface area contributed by atoms with Crippen molar-refractivity contribution in [2.24, 2.45) is 0 Å². The molecule has 1 atom stereocenters. The molecule has 0 radical (unpaired) electrons. The van der Waals surface area contributed by atoms with Gasteiger partial charge < -0.3 is 19.6 Å². The first kappa shape index (κ1) is 15.8. The number of aromatic amines is 1. The van der Waals surface area contributed by atoms with Crippen molar-refractivity contribution in [1.29, 1.82) is 0 Å². The predicted molar refractivity (Wildman–Crippen MR) is 81.6 cm³/mol. The average molecular weight is 304 g/mol. The van der Waals surface area contributed by atoms with Gasteiger partial charge in [0.15, 0.2) is 0 Å². The summed E-state index contributed by atoms with van der Waals surface area (Å²) in [6.07, 6.45) is 2.04. The molecule has 0 saturated heterocycles. The van der Waals surface area contributed by atoms with Crippen LogP contribution in [0.2, 0.25) is 0 Å². The minimum atomic E-state index is -0.209. The van der Waals surface area contributed by atoms with E-state index < -0.39 is 0 Å². The van der Waals surface area contributed by atoms with E-state index in [-0.39, 0.29) is 17.6 Å². The van der Waals surface area contributed by atoms with Gasteiger partial charge in [-0.05, 0) is 26.0 Å². The van der Waals surface area contributed by atoms with Crippen LogP contribution in [0.4, 0.5) is 4.79 Å². The number of amides is 2. The summed E-state index contributed by atoms with van der Waals surface area (Å²) in [4.78, 5) is 31.8. The number of urea groups is 1. The number of carbonyl (C=O) groups excluding carboxylic acids is 1. The average Bonchev–Trinajstić information content (AvgIpc) is 2.98. The SMILES string of the molecule is Cc1cc(=O)[nH]c(CCNC(=O)N(C)[C@H](C)c2ccco2)n1. The third-order valence-electron chi connectivity index (χ3n) is 3.41. The molecular weight excluding hydrogens is 284 g/mol. The Bertz CT molecular complexity index is 678. The summed E-state index contributed by atoms with van der Waals surface area (Å²) in [7, 11) is 1.70. The minimum absolute atomic E-state index is 0.160. The normalized spacial score (nSPS) is 12.0. The van der Waals surface area contributed by atoms with Crippen LogP contribution in [0, 0.1) is 6.92 Å². The molecule has 0 saturated carbocycles. The molecule has 0 spiro atoms. The van der Waals surface area contributed by atoms with Crippen LogP contribution in [-0.2, 0) is 6.42 Å². The monoisotopic (exact) mass is 304 g/mol. The molecular formula is C15H20N4O3. The van der Waals surface area contributed by atoms with Crippen molar-refractivity contribution in [1.82, 2.24) is 20.2 Å². The van der Waals surface area contributed by atoms with E-state index in [0.717, 1.165) is 5.76 Å². The number of rotatable bonds is 5. The van der Waals surface area contributed by atoms with Gasteiger partial charge in [0.05, 0.1) is 12.3 Å². The summed E-state index contributed by atoms with van der Waals surface area (Å²) in [6.45, 7) is 4.04. The molecule has 22 heavy (non-hydrogen) atoms. The van der Waals surface area contributed by atoms with Crippen LogP contribution in [0.15, 0.2) is 33.7 Å². The maximum absolute atomic E-state index is 12.1. The third kappa shape index (κ3) is 3.97. The fourth-order valence-electron chi connectivity index (χ4n) is 2.07. The Kier molecular flexibility index (Phi) is 4.98. The van der Waals surface area contributed by atoms with Crippen LogP contribution >= 0.6 is 0 Å². The summed E-state index contributed by atoms with van der Waals surface area (Å²) in [5.41, 5.74) is 0.478. The van der Waals surface area contributed by atoms with E-state index in [0.29, 0.717) is 24.5 Å². The van der Waals surface area contributed by atoms with Gasteiger partial charge in [-0.3, -0.25) is 4.79 Å². The molecule has 2 heterocycles. The van der Waals surface area contributed by atoms with E-state index in [1.54, 1.807) is 31.2 Å². The maximum atomic E-state index is 12.1. The number of nitrogens with one attached hydrogen (secondary N) is 2. The highest BCUT2D eigenvalue weighted by molar-refractivity contribution is 5.74. The second-order valence-electron chi connectivity index (χ2n) is 5.12. The highest BCUT2D eigenvalue weighted by atomic mass is 16.3. The van der Waals surface area contributed by atoms with E-state index in [4.69, 9.17) is 4.42 Å². The van der Waals surface area contributed by atoms with Gasteiger partial charge in [-0.1, -0.05) is 0 Å². The first-order chi connectivity index (χ1) is 10.5. The molecule has 0 aliphatic carbocycles. The summed E-state index contributed by atoms with van der Waals surface area (Å²) < 4.78 is 5.30. The fourth-order valence-corrected chi connectivity index (χ4v) is 2.07. The van der Waals surface area contributed by atoms with E-state index in [1.807, 2.05) is 13.0 Å². The van der Waals surface area contributed by atoms with E-state index in [1.165, 1.54) is 6.07 Å². The van der Waals surface area contributed by atoms with E-state index in [9.17, 15) is 9.59 Å².